The van der Waals surface area contributed by atoms with Crippen LogP contribution in [-0.4, -0.2) is 19.6 Å². The first-order chi connectivity index (χ1) is 9.72. The number of halogens is 1. The molecule has 0 spiro atoms. The molecule has 6 heteroatoms. The molecule has 0 amide bonds. The lowest BCUT2D eigenvalue weighted by molar-refractivity contribution is 0.945. The van der Waals surface area contributed by atoms with E-state index in [1.165, 1.54) is 10.3 Å². The zero-order valence-electron chi connectivity index (χ0n) is 10.5. The second-order valence-corrected chi connectivity index (χ2v) is 5.99. The number of hydrogen-bond acceptors (Lipinski definition) is 4. The van der Waals surface area contributed by atoms with Crippen molar-refractivity contribution in [2.75, 3.05) is 0 Å². The fourth-order valence-electron chi connectivity index (χ4n) is 2.24. The Balaban J connectivity index is 2.01. The van der Waals surface area contributed by atoms with Gasteiger partial charge in [0.25, 0.3) is 0 Å². The summed E-state index contributed by atoms with van der Waals surface area (Å²) >= 11 is 7.69. The molecule has 0 aliphatic carbocycles. The van der Waals surface area contributed by atoms with Crippen LogP contribution in [0.5, 0.6) is 0 Å². The van der Waals surface area contributed by atoms with Crippen LogP contribution in [0.2, 0.25) is 5.15 Å². The number of fused-ring (bicyclic) bond motifs is 2. The molecule has 4 aromatic rings. The Morgan fingerprint density at radius 2 is 2.10 bits per heavy atom. The van der Waals surface area contributed by atoms with Crippen LogP contribution < -0.4 is 0 Å². The van der Waals surface area contributed by atoms with Gasteiger partial charge in [-0.1, -0.05) is 11.6 Å². The molecule has 4 heterocycles. The third-order valence-electron chi connectivity index (χ3n) is 3.18. The number of nitrogens with zero attached hydrogens (tertiary/aromatic N) is 4. The molecular formula is C14H9ClN4S. The number of hydrogen-bond donors (Lipinski definition) is 0. The Hall–Kier alpha value is -1.98. The number of thiophene rings is 1. The van der Waals surface area contributed by atoms with Gasteiger partial charge in [-0.25, -0.2) is 9.50 Å². The van der Waals surface area contributed by atoms with Gasteiger partial charge in [0, 0.05) is 22.5 Å². The van der Waals surface area contributed by atoms with E-state index < -0.39 is 0 Å². The summed E-state index contributed by atoms with van der Waals surface area (Å²) in [5.41, 5.74) is 2.92. The molecule has 0 radical (unpaired) electrons. The molecule has 0 bridgehead atoms. The first-order valence-corrected chi connectivity index (χ1v) is 7.26. The minimum atomic E-state index is 0.454. The van der Waals surface area contributed by atoms with Crippen LogP contribution in [0.1, 0.15) is 5.56 Å². The zero-order valence-corrected chi connectivity index (χ0v) is 12.1. The lowest BCUT2D eigenvalue weighted by atomic mass is 10.2. The number of aromatic nitrogens is 4. The highest BCUT2D eigenvalue weighted by Crippen LogP contribution is 2.34. The highest BCUT2D eigenvalue weighted by Gasteiger charge is 2.12. The Morgan fingerprint density at radius 1 is 1.20 bits per heavy atom. The van der Waals surface area contributed by atoms with Crippen LogP contribution in [0.3, 0.4) is 0 Å². The summed E-state index contributed by atoms with van der Waals surface area (Å²) in [4.78, 5) is 9.70. The summed E-state index contributed by atoms with van der Waals surface area (Å²) in [6.07, 6.45) is 5.59. The molecule has 0 saturated carbocycles. The lowest BCUT2D eigenvalue weighted by Crippen LogP contribution is -1.92. The van der Waals surface area contributed by atoms with E-state index in [0.717, 1.165) is 21.6 Å². The van der Waals surface area contributed by atoms with Gasteiger partial charge in [0.2, 0.25) is 0 Å². The maximum absolute atomic E-state index is 5.97. The second kappa shape index (κ2) is 4.26. The van der Waals surface area contributed by atoms with Gasteiger partial charge >= 0.3 is 0 Å². The number of aryl methyl sites for hydroxylation is 1. The molecule has 0 aliphatic heterocycles. The third-order valence-corrected chi connectivity index (χ3v) is 4.69. The number of rotatable bonds is 1. The van der Waals surface area contributed by atoms with Crippen molar-refractivity contribution < 1.29 is 0 Å². The van der Waals surface area contributed by atoms with Gasteiger partial charge in [-0.15, -0.1) is 11.3 Å². The molecule has 0 saturated heterocycles. The van der Waals surface area contributed by atoms with Crippen molar-refractivity contribution in [3.8, 4) is 10.6 Å². The molecule has 4 nitrogen and oxygen atoms in total. The van der Waals surface area contributed by atoms with Gasteiger partial charge < -0.3 is 0 Å². The van der Waals surface area contributed by atoms with Gasteiger partial charge in [-0.2, -0.15) is 5.10 Å². The molecular weight excluding hydrogens is 292 g/mol. The van der Waals surface area contributed by atoms with E-state index in [9.17, 15) is 0 Å². The number of imidazole rings is 1. The van der Waals surface area contributed by atoms with Gasteiger partial charge in [-0.05, 0) is 30.7 Å². The van der Waals surface area contributed by atoms with Crippen LogP contribution in [0.15, 0.2) is 36.8 Å². The smallest absolute Gasteiger partial charge is 0.154 e. The second-order valence-electron chi connectivity index (χ2n) is 4.55. The predicted molar refractivity (Wildman–Crippen MR) is 81.3 cm³/mol. The summed E-state index contributed by atoms with van der Waals surface area (Å²) < 4.78 is 3.02. The van der Waals surface area contributed by atoms with Crippen molar-refractivity contribution in [3.63, 3.8) is 0 Å². The topological polar surface area (TPSA) is 43.1 Å². The van der Waals surface area contributed by atoms with E-state index in [1.807, 2.05) is 24.7 Å². The van der Waals surface area contributed by atoms with E-state index >= 15 is 0 Å². The quantitative estimate of drug-likeness (QED) is 0.534. The summed E-state index contributed by atoms with van der Waals surface area (Å²) in [5, 5.41) is 5.91. The molecule has 0 fully saturated rings. The first kappa shape index (κ1) is 11.8. The highest BCUT2D eigenvalue weighted by molar-refractivity contribution is 7.22. The fourth-order valence-corrected chi connectivity index (χ4v) is 3.47. The summed E-state index contributed by atoms with van der Waals surface area (Å²) in [6.45, 7) is 2.07. The van der Waals surface area contributed by atoms with Crippen molar-refractivity contribution in [1.82, 2.24) is 19.6 Å². The monoisotopic (exact) mass is 300 g/mol. The lowest BCUT2D eigenvalue weighted by Gasteiger charge is -1.97. The molecule has 4 rings (SSSR count). The van der Waals surface area contributed by atoms with Crippen LogP contribution in [0, 0.1) is 6.92 Å². The van der Waals surface area contributed by atoms with Crippen molar-refractivity contribution in [2.24, 2.45) is 0 Å². The highest BCUT2D eigenvalue weighted by atomic mass is 35.5. The van der Waals surface area contributed by atoms with E-state index in [4.69, 9.17) is 11.6 Å². The van der Waals surface area contributed by atoms with Crippen molar-refractivity contribution in [1.29, 1.82) is 0 Å². The Labute approximate surface area is 123 Å². The van der Waals surface area contributed by atoms with Crippen LogP contribution >= 0.6 is 22.9 Å². The summed E-state index contributed by atoms with van der Waals surface area (Å²) in [5.74, 6) is 0. The first-order valence-electron chi connectivity index (χ1n) is 6.07. The van der Waals surface area contributed by atoms with E-state index in [1.54, 1.807) is 21.9 Å². The Bertz CT molecular complexity index is 941. The van der Waals surface area contributed by atoms with E-state index in [-0.39, 0.29) is 0 Å². The van der Waals surface area contributed by atoms with Gasteiger partial charge in [0.1, 0.15) is 10.8 Å². The van der Waals surface area contributed by atoms with Crippen molar-refractivity contribution in [2.45, 2.75) is 6.92 Å². The van der Waals surface area contributed by atoms with Crippen molar-refractivity contribution >= 4 is 38.7 Å². The molecule has 4 aromatic heterocycles. The maximum Gasteiger partial charge on any atom is 0.154 e. The van der Waals surface area contributed by atoms with Gasteiger partial charge in [-0.3, -0.25) is 4.98 Å². The minimum absolute atomic E-state index is 0.454. The molecule has 0 unspecified atom stereocenters. The summed E-state index contributed by atoms with van der Waals surface area (Å²) in [6, 6.07) is 5.72. The predicted octanol–water partition coefficient (Wildman–Crippen LogP) is 3.97. The zero-order chi connectivity index (χ0) is 13.7. The fraction of sp³-hybridized carbons (Fsp3) is 0.0714. The summed E-state index contributed by atoms with van der Waals surface area (Å²) in [7, 11) is 0. The maximum atomic E-state index is 5.97. The molecule has 98 valence electrons. The Morgan fingerprint density at radius 3 is 2.95 bits per heavy atom. The largest absolute Gasteiger partial charge is 0.264 e. The van der Waals surface area contributed by atoms with E-state index in [2.05, 4.69) is 28.1 Å². The molecule has 0 atom stereocenters. The van der Waals surface area contributed by atoms with Crippen LogP contribution in [0.4, 0.5) is 0 Å². The third kappa shape index (κ3) is 1.71. The minimum Gasteiger partial charge on any atom is -0.264 e. The SMILES string of the molecule is Cc1cncc2cc(-c3cnc4ccc(Cl)nn34)sc12. The number of pyridine rings is 1. The molecule has 0 N–H and O–H groups in total. The van der Waals surface area contributed by atoms with E-state index in [0.29, 0.717) is 5.15 Å². The normalized spacial score (nSPS) is 11.5. The molecule has 20 heavy (non-hydrogen) atoms. The standard InChI is InChI=1S/C14H9ClN4S/c1-8-5-16-6-9-4-11(20-14(8)9)10-7-17-13-3-2-12(15)18-19(10)13/h2-7H,1H3. The Kier molecular flexibility index (Phi) is 2.52. The van der Waals surface area contributed by atoms with Gasteiger partial charge in [0.05, 0.1) is 11.1 Å². The molecule has 0 aromatic carbocycles. The average Bonchev–Trinajstić information content (AvgIpc) is 3.02. The molecule has 0 aliphatic rings. The van der Waals surface area contributed by atoms with Gasteiger partial charge in [0.15, 0.2) is 5.65 Å². The average molecular weight is 301 g/mol. The van der Waals surface area contributed by atoms with Crippen LogP contribution in [0.25, 0.3) is 26.3 Å². The van der Waals surface area contributed by atoms with Crippen molar-refractivity contribution in [3.05, 3.63) is 47.5 Å². The van der Waals surface area contributed by atoms with Crippen LogP contribution in [-0.2, 0) is 0 Å².